The molecule has 0 aliphatic carbocycles. The van der Waals surface area contributed by atoms with Crippen LogP contribution >= 0.6 is 0 Å². The Morgan fingerprint density at radius 3 is 2.37 bits per heavy atom. The molecule has 3 nitrogen and oxygen atoms in total. The summed E-state index contributed by atoms with van der Waals surface area (Å²) in [5, 5.41) is 3.74. The lowest BCUT2D eigenvalue weighted by molar-refractivity contribution is 0.00835. The number of ether oxygens (including phenoxy) is 1. The highest BCUT2D eigenvalue weighted by atomic mass is 16.5. The molecule has 0 amide bonds. The average Bonchev–Trinajstić information content (AvgIpc) is 2.34. The van der Waals surface area contributed by atoms with Crippen molar-refractivity contribution in [2.45, 2.75) is 66.1 Å². The SMILES string of the molecule is COCCC(C)N1CC(C(C)C)NCC1C(C)(C)C. The van der Waals surface area contributed by atoms with E-state index in [1.807, 2.05) is 0 Å². The van der Waals surface area contributed by atoms with Crippen LogP contribution in [-0.2, 0) is 4.74 Å². The molecule has 1 aliphatic rings. The van der Waals surface area contributed by atoms with E-state index in [4.69, 9.17) is 4.74 Å². The Kier molecular flexibility index (Phi) is 6.28. The second-order valence-electron chi connectivity index (χ2n) is 7.47. The van der Waals surface area contributed by atoms with Crippen molar-refractivity contribution < 1.29 is 4.74 Å². The lowest BCUT2D eigenvalue weighted by Gasteiger charge is -2.50. The van der Waals surface area contributed by atoms with E-state index in [0.29, 0.717) is 29.5 Å². The fourth-order valence-corrected chi connectivity index (χ4v) is 2.99. The number of methoxy groups -OCH3 is 1. The molecule has 0 aromatic carbocycles. The topological polar surface area (TPSA) is 24.5 Å². The molecule has 0 bridgehead atoms. The summed E-state index contributed by atoms with van der Waals surface area (Å²) in [6.45, 7) is 17.1. The molecular weight excluding hydrogens is 236 g/mol. The Balaban J connectivity index is 2.76. The highest BCUT2D eigenvalue weighted by Crippen LogP contribution is 2.29. The highest BCUT2D eigenvalue weighted by Gasteiger charge is 2.38. The van der Waals surface area contributed by atoms with Crippen LogP contribution in [0.2, 0.25) is 0 Å². The van der Waals surface area contributed by atoms with Gasteiger partial charge in [0, 0.05) is 44.9 Å². The molecule has 0 spiro atoms. The van der Waals surface area contributed by atoms with Gasteiger partial charge in [-0.3, -0.25) is 4.90 Å². The highest BCUT2D eigenvalue weighted by molar-refractivity contribution is 4.95. The Hall–Kier alpha value is -0.120. The van der Waals surface area contributed by atoms with Crippen LogP contribution in [0.5, 0.6) is 0 Å². The zero-order valence-corrected chi connectivity index (χ0v) is 14.0. The second kappa shape index (κ2) is 7.05. The van der Waals surface area contributed by atoms with E-state index in [2.05, 4.69) is 51.8 Å². The monoisotopic (exact) mass is 270 g/mol. The minimum Gasteiger partial charge on any atom is -0.385 e. The molecular formula is C16H34N2O. The van der Waals surface area contributed by atoms with E-state index in [9.17, 15) is 0 Å². The summed E-state index contributed by atoms with van der Waals surface area (Å²) < 4.78 is 5.26. The Labute approximate surface area is 120 Å². The zero-order chi connectivity index (χ0) is 14.6. The molecule has 19 heavy (non-hydrogen) atoms. The second-order valence-corrected chi connectivity index (χ2v) is 7.47. The smallest absolute Gasteiger partial charge is 0.0477 e. The van der Waals surface area contributed by atoms with E-state index in [-0.39, 0.29) is 0 Å². The lowest BCUT2D eigenvalue weighted by Crippen LogP contribution is -2.63. The summed E-state index contributed by atoms with van der Waals surface area (Å²) in [5.74, 6) is 0.693. The average molecular weight is 270 g/mol. The third-order valence-electron chi connectivity index (χ3n) is 4.49. The molecule has 1 fully saturated rings. The quantitative estimate of drug-likeness (QED) is 0.831. The Bertz CT molecular complexity index is 260. The minimum atomic E-state index is 0.316. The molecule has 3 unspecified atom stereocenters. The van der Waals surface area contributed by atoms with Crippen LogP contribution in [-0.4, -0.2) is 49.8 Å². The first kappa shape index (κ1) is 16.9. The summed E-state index contributed by atoms with van der Waals surface area (Å²) in [4.78, 5) is 2.71. The maximum Gasteiger partial charge on any atom is 0.0477 e. The van der Waals surface area contributed by atoms with Gasteiger partial charge in [-0.15, -0.1) is 0 Å². The summed E-state index contributed by atoms with van der Waals surface area (Å²) in [6.07, 6.45) is 1.12. The Morgan fingerprint density at radius 2 is 1.89 bits per heavy atom. The van der Waals surface area contributed by atoms with Crippen LogP contribution in [0.4, 0.5) is 0 Å². The van der Waals surface area contributed by atoms with E-state index < -0.39 is 0 Å². The van der Waals surface area contributed by atoms with Gasteiger partial charge in [0.25, 0.3) is 0 Å². The van der Waals surface area contributed by atoms with Crippen molar-refractivity contribution in [3.05, 3.63) is 0 Å². The maximum atomic E-state index is 5.26. The summed E-state index contributed by atoms with van der Waals surface area (Å²) >= 11 is 0. The van der Waals surface area contributed by atoms with Gasteiger partial charge in [0.15, 0.2) is 0 Å². The van der Waals surface area contributed by atoms with Crippen molar-refractivity contribution in [2.75, 3.05) is 26.8 Å². The van der Waals surface area contributed by atoms with E-state index >= 15 is 0 Å². The number of hydrogen-bond acceptors (Lipinski definition) is 3. The minimum absolute atomic E-state index is 0.316. The third kappa shape index (κ3) is 4.73. The van der Waals surface area contributed by atoms with Gasteiger partial charge < -0.3 is 10.1 Å². The van der Waals surface area contributed by atoms with Crippen LogP contribution in [0.1, 0.15) is 48.0 Å². The molecule has 3 atom stereocenters. The molecule has 1 aliphatic heterocycles. The van der Waals surface area contributed by atoms with Gasteiger partial charge in [0.05, 0.1) is 0 Å². The molecule has 1 N–H and O–H groups in total. The summed E-state index contributed by atoms with van der Waals surface area (Å²) in [7, 11) is 1.79. The van der Waals surface area contributed by atoms with Crippen molar-refractivity contribution in [3.63, 3.8) is 0 Å². The van der Waals surface area contributed by atoms with Gasteiger partial charge in [-0.25, -0.2) is 0 Å². The molecule has 0 radical (unpaired) electrons. The molecule has 0 saturated carbocycles. The molecule has 1 saturated heterocycles. The molecule has 1 rings (SSSR count). The number of piperazine rings is 1. The van der Waals surface area contributed by atoms with Crippen molar-refractivity contribution in [2.24, 2.45) is 11.3 Å². The number of nitrogens with one attached hydrogen (secondary N) is 1. The largest absolute Gasteiger partial charge is 0.385 e. The van der Waals surface area contributed by atoms with Crippen molar-refractivity contribution >= 4 is 0 Å². The van der Waals surface area contributed by atoms with Gasteiger partial charge >= 0.3 is 0 Å². The first-order valence-corrected chi connectivity index (χ1v) is 7.75. The van der Waals surface area contributed by atoms with Gasteiger partial charge in [0.1, 0.15) is 0 Å². The summed E-state index contributed by atoms with van der Waals surface area (Å²) in [6, 6.07) is 1.81. The summed E-state index contributed by atoms with van der Waals surface area (Å²) in [5.41, 5.74) is 0.316. The van der Waals surface area contributed by atoms with E-state index in [1.165, 1.54) is 0 Å². The fraction of sp³-hybridized carbons (Fsp3) is 1.00. The van der Waals surface area contributed by atoms with E-state index in [0.717, 1.165) is 26.1 Å². The predicted molar refractivity (Wildman–Crippen MR) is 82.5 cm³/mol. The predicted octanol–water partition coefficient (Wildman–Crippen LogP) is 2.76. The van der Waals surface area contributed by atoms with E-state index in [1.54, 1.807) is 7.11 Å². The molecule has 1 heterocycles. The van der Waals surface area contributed by atoms with Crippen LogP contribution in [0.3, 0.4) is 0 Å². The van der Waals surface area contributed by atoms with Crippen molar-refractivity contribution in [1.82, 2.24) is 10.2 Å². The fourth-order valence-electron chi connectivity index (χ4n) is 2.99. The first-order valence-electron chi connectivity index (χ1n) is 7.75. The van der Waals surface area contributed by atoms with Crippen molar-refractivity contribution in [3.8, 4) is 0 Å². The van der Waals surface area contributed by atoms with Crippen LogP contribution in [0.15, 0.2) is 0 Å². The van der Waals surface area contributed by atoms with Crippen molar-refractivity contribution in [1.29, 1.82) is 0 Å². The van der Waals surface area contributed by atoms with Crippen LogP contribution < -0.4 is 5.32 Å². The van der Waals surface area contributed by atoms with Crippen LogP contribution in [0, 0.1) is 11.3 Å². The number of rotatable bonds is 5. The van der Waals surface area contributed by atoms with Gasteiger partial charge in [-0.1, -0.05) is 34.6 Å². The first-order chi connectivity index (χ1) is 8.77. The van der Waals surface area contributed by atoms with Gasteiger partial charge in [0.2, 0.25) is 0 Å². The zero-order valence-electron chi connectivity index (χ0n) is 14.0. The number of nitrogens with zero attached hydrogens (tertiary/aromatic N) is 1. The third-order valence-corrected chi connectivity index (χ3v) is 4.49. The molecule has 3 heteroatoms. The standard InChI is InChI=1S/C16H34N2O/c1-12(2)14-11-18(13(3)8-9-19-7)15(10-17-14)16(4,5)6/h12-15,17H,8-11H2,1-7H3. The molecule has 114 valence electrons. The molecule has 0 aromatic rings. The molecule has 0 aromatic heterocycles. The lowest BCUT2D eigenvalue weighted by atomic mass is 9.82. The normalized spacial score (nSPS) is 27.8. The Morgan fingerprint density at radius 1 is 1.26 bits per heavy atom. The maximum absolute atomic E-state index is 5.26. The number of hydrogen-bond donors (Lipinski definition) is 1. The van der Waals surface area contributed by atoms with Gasteiger partial charge in [-0.05, 0) is 24.7 Å². The van der Waals surface area contributed by atoms with Crippen LogP contribution in [0.25, 0.3) is 0 Å². The van der Waals surface area contributed by atoms with Gasteiger partial charge in [-0.2, -0.15) is 0 Å².